The Kier molecular flexibility index (Phi) is 10.0. The first-order chi connectivity index (χ1) is 11.2. The lowest BCUT2D eigenvalue weighted by Gasteiger charge is -2.43. The van der Waals surface area contributed by atoms with Gasteiger partial charge in [0.2, 0.25) is 5.91 Å². The predicted octanol–water partition coefficient (Wildman–Crippen LogP) is 2.31. The summed E-state index contributed by atoms with van der Waals surface area (Å²) in [5, 5.41) is 0. The molecular formula is C18H35Cl2N3O2. The number of halogens is 2. The molecule has 0 unspecified atom stereocenters. The van der Waals surface area contributed by atoms with E-state index in [-0.39, 0.29) is 36.1 Å². The maximum atomic E-state index is 13.0. The van der Waals surface area contributed by atoms with Crippen molar-refractivity contribution in [2.24, 2.45) is 17.1 Å². The minimum absolute atomic E-state index is 0. The molecule has 2 heterocycles. The third-order valence-electron chi connectivity index (χ3n) is 6.19. The van der Waals surface area contributed by atoms with Gasteiger partial charge in [0.05, 0.1) is 5.41 Å². The lowest BCUT2D eigenvalue weighted by Crippen LogP contribution is -2.56. The zero-order valence-electron chi connectivity index (χ0n) is 15.3. The van der Waals surface area contributed by atoms with Crippen molar-refractivity contribution in [3.05, 3.63) is 0 Å². The first-order valence-corrected chi connectivity index (χ1v) is 9.53. The maximum absolute atomic E-state index is 13.0. The van der Waals surface area contributed by atoms with Crippen LogP contribution in [0.1, 0.15) is 44.9 Å². The summed E-state index contributed by atoms with van der Waals surface area (Å²) in [5.74, 6) is 1.16. The van der Waals surface area contributed by atoms with Gasteiger partial charge >= 0.3 is 0 Å². The van der Waals surface area contributed by atoms with E-state index in [0.717, 1.165) is 44.9 Å². The molecule has 1 saturated carbocycles. The molecule has 3 fully saturated rings. The Bertz CT molecular complexity index is 392. The summed E-state index contributed by atoms with van der Waals surface area (Å²) in [5.41, 5.74) is 5.63. The second-order valence-corrected chi connectivity index (χ2v) is 7.69. The SMILES string of the molecule is Cl.Cl.NCC1(C(=O)N2CCN(CC3CCCCC3)CC2)CCOCC1. The number of rotatable bonds is 4. The number of carbonyl (C=O) groups is 1. The fraction of sp³-hybridized carbons (Fsp3) is 0.944. The van der Waals surface area contributed by atoms with E-state index in [4.69, 9.17) is 10.5 Å². The van der Waals surface area contributed by atoms with Gasteiger partial charge in [0.15, 0.2) is 0 Å². The summed E-state index contributed by atoms with van der Waals surface area (Å²) in [6.07, 6.45) is 8.60. The number of amides is 1. The van der Waals surface area contributed by atoms with Crippen molar-refractivity contribution in [3.63, 3.8) is 0 Å². The number of hydrogen-bond donors (Lipinski definition) is 1. The van der Waals surface area contributed by atoms with E-state index < -0.39 is 0 Å². The lowest BCUT2D eigenvalue weighted by atomic mass is 9.78. The maximum Gasteiger partial charge on any atom is 0.230 e. The molecule has 25 heavy (non-hydrogen) atoms. The Balaban J connectivity index is 0.00000156. The molecule has 0 bridgehead atoms. The van der Waals surface area contributed by atoms with Gasteiger partial charge in [-0.3, -0.25) is 9.69 Å². The van der Waals surface area contributed by atoms with Crippen LogP contribution in [0, 0.1) is 11.3 Å². The van der Waals surface area contributed by atoms with Gasteiger partial charge in [0.25, 0.3) is 0 Å². The molecule has 0 aromatic rings. The van der Waals surface area contributed by atoms with E-state index in [1.54, 1.807) is 0 Å². The summed E-state index contributed by atoms with van der Waals surface area (Å²) in [6.45, 7) is 6.83. The quantitative estimate of drug-likeness (QED) is 0.792. The van der Waals surface area contributed by atoms with Crippen LogP contribution >= 0.6 is 24.8 Å². The molecule has 0 aromatic heterocycles. The van der Waals surface area contributed by atoms with Crippen molar-refractivity contribution in [3.8, 4) is 0 Å². The third kappa shape index (κ3) is 5.70. The van der Waals surface area contributed by atoms with Gasteiger partial charge in [-0.15, -0.1) is 24.8 Å². The summed E-state index contributed by atoms with van der Waals surface area (Å²) < 4.78 is 5.43. The Labute approximate surface area is 164 Å². The third-order valence-corrected chi connectivity index (χ3v) is 6.19. The lowest BCUT2D eigenvalue weighted by molar-refractivity contribution is -0.149. The Morgan fingerprint density at radius 2 is 1.60 bits per heavy atom. The van der Waals surface area contributed by atoms with Crippen LogP contribution < -0.4 is 5.73 Å². The van der Waals surface area contributed by atoms with Crippen LogP contribution in [-0.2, 0) is 9.53 Å². The van der Waals surface area contributed by atoms with E-state index in [1.807, 2.05) is 0 Å². The number of nitrogens with two attached hydrogens (primary N) is 1. The van der Waals surface area contributed by atoms with Crippen molar-refractivity contribution in [2.45, 2.75) is 44.9 Å². The van der Waals surface area contributed by atoms with Crippen molar-refractivity contribution in [1.29, 1.82) is 0 Å². The molecule has 2 saturated heterocycles. The minimum atomic E-state index is -0.357. The molecule has 148 valence electrons. The van der Waals surface area contributed by atoms with Gasteiger partial charge < -0.3 is 15.4 Å². The molecule has 7 heteroatoms. The van der Waals surface area contributed by atoms with E-state index >= 15 is 0 Å². The molecule has 3 aliphatic rings. The van der Waals surface area contributed by atoms with Crippen molar-refractivity contribution in [2.75, 3.05) is 52.5 Å². The van der Waals surface area contributed by atoms with Crippen LogP contribution in [0.3, 0.4) is 0 Å². The Morgan fingerprint density at radius 3 is 2.16 bits per heavy atom. The molecule has 3 rings (SSSR count). The predicted molar refractivity (Wildman–Crippen MR) is 106 cm³/mol. The molecular weight excluding hydrogens is 361 g/mol. The van der Waals surface area contributed by atoms with E-state index in [1.165, 1.54) is 38.6 Å². The second kappa shape index (κ2) is 10.9. The topological polar surface area (TPSA) is 58.8 Å². The van der Waals surface area contributed by atoms with Crippen LogP contribution in [0.15, 0.2) is 0 Å². The normalized spacial score (nSPS) is 24.9. The summed E-state index contributed by atoms with van der Waals surface area (Å²) in [4.78, 5) is 17.6. The van der Waals surface area contributed by atoms with Crippen molar-refractivity contribution in [1.82, 2.24) is 9.80 Å². The number of piperazine rings is 1. The number of carbonyl (C=O) groups excluding carboxylic acids is 1. The van der Waals surface area contributed by atoms with Crippen LogP contribution in [0.2, 0.25) is 0 Å². The highest BCUT2D eigenvalue weighted by atomic mass is 35.5. The molecule has 1 aliphatic carbocycles. The Hall–Kier alpha value is -0.0700. The fourth-order valence-electron chi connectivity index (χ4n) is 4.47. The molecule has 1 amide bonds. The monoisotopic (exact) mass is 395 g/mol. The molecule has 0 radical (unpaired) electrons. The van der Waals surface area contributed by atoms with E-state index in [2.05, 4.69) is 9.80 Å². The average molecular weight is 396 g/mol. The molecule has 2 N–H and O–H groups in total. The summed E-state index contributed by atoms with van der Waals surface area (Å²) in [7, 11) is 0. The molecule has 0 aromatic carbocycles. The number of hydrogen-bond acceptors (Lipinski definition) is 4. The van der Waals surface area contributed by atoms with Gasteiger partial charge in [-0.05, 0) is 31.6 Å². The summed E-state index contributed by atoms with van der Waals surface area (Å²) in [6, 6.07) is 0. The van der Waals surface area contributed by atoms with E-state index in [0.29, 0.717) is 19.8 Å². The second-order valence-electron chi connectivity index (χ2n) is 7.69. The van der Waals surface area contributed by atoms with Gasteiger partial charge in [-0.1, -0.05) is 19.3 Å². The zero-order chi connectivity index (χ0) is 16.1. The average Bonchev–Trinajstić information content (AvgIpc) is 2.63. The van der Waals surface area contributed by atoms with Gasteiger partial charge in [0, 0.05) is 52.5 Å². The van der Waals surface area contributed by atoms with Gasteiger partial charge in [0.1, 0.15) is 0 Å². The van der Waals surface area contributed by atoms with Gasteiger partial charge in [-0.25, -0.2) is 0 Å². The van der Waals surface area contributed by atoms with Crippen molar-refractivity contribution >= 4 is 30.7 Å². The Morgan fingerprint density at radius 1 is 1.00 bits per heavy atom. The van der Waals surface area contributed by atoms with Crippen LogP contribution in [0.5, 0.6) is 0 Å². The van der Waals surface area contributed by atoms with Gasteiger partial charge in [-0.2, -0.15) is 0 Å². The van der Waals surface area contributed by atoms with Crippen LogP contribution in [-0.4, -0.2) is 68.2 Å². The highest BCUT2D eigenvalue weighted by Crippen LogP contribution is 2.32. The number of ether oxygens (including phenoxy) is 1. The molecule has 0 atom stereocenters. The largest absolute Gasteiger partial charge is 0.381 e. The zero-order valence-corrected chi connectivity index (χ0v) is 16.9. The van der Waals surface area contributed by atoms with Crippen molar-refractivity contribution < 1.29 is 9.53 Å². The highest BCUT2D eigenvalue weighted by Gasteiger charge is 2.42. The molecule has 0 spiro atoms. The van der Waals surface area contributed by atoms with Crippen LogP contribution in [0.25, 0.3) is 0 Å². The van der Waals surface area contributed by atoms with E-state index in [9.17, 15) is 4.79 Å². The van der Waals surface area contributed by atoms with Crippen LogP contribution in [0.4, 0.5) is 0 Å². The highest BCUT2D eigenvalue weighted by molar-refractivity contribution is 5.85. The first-order valence-electron chi connectivity index (χ1n) is 9.53. The number of nitrogens with zero attached hydrogens (tertiary/aromatic N) is 2. The molecule has 5 nitrogen and oxygen atoms in total. The fourth-order valence-corrected chi connectivity index (χ4v) is 4.47. The molecule has 2 aliphatic heterocycles. The minimum Gasteiger partial charge on any atom is -0.381 e. The first kappa shape index (κ1) is 23.0. The smallest absolute Gasteiger partial charge is 0.230 e. The summed E-state index contributed by atoms with van der Waals surface area (Å²) >= 11 is 0. The standard InChI is InChI=1S/C18H33N3O2.2ClH/c19-15-18(6-12-23-13-7-18)17(22)21-10-8-20(9-11-21)14-16-4-2-1-3-5-16;;/h16H,1-15,19H2;2*1H.